The van der Waals surface area contributed by atoms with Crippen molar-refractivity contribution >= 4 is 27.8 Å². The molecule has 0 atom stereocenters. The number of aryl methyl sites for hydroxylation is 1. The quantitative estimate of drug-likeness (QED) is 0.588. The number of benzene rings is 1. The van der Waals surface area contributed by atoms with E-state index < -0.39 is 16.0 Å². The first-order chi connectivity index (χ1) is 11.3. The first-order valence-corrected chi connectivity index (χ1v) is 9.42. The zero-order valence-electron chi connectivity index (χ0n) is 13.2. The molecular formula is C15H17N3O4S2. The molecule has 0 aliphatic carbocycles. The summed E-state index contributed by atoms with van der Waals surface area (Å²) in [6, 6.07) is 9.78. The van der Waals surface area contributed by atoms with E-state index in [1.165, 1.54) is 23.5 Å². The fourth-order valence-electron chi connectivity index (χ4n) is 1.94. The van der Waals surface area contributed by atoms with E-state index >= 15 is 0 Å². The van der Waals surface area contributed by atoms with Crippen LogP contribution < -0.4 is 0 Å². The minimum absolute atomic E-state index is 0.000457. The molecule has 2 aromatic rings. The second-order valence-corrected chi connectivity index (χ2v) is 8.06. The molecule has 0 saturated carbocycles. The first kappa shape index (κ1) is 18.4. The van der Waals surface area contributed by atoms with E-state index in [1.807, 2.05) is 0 Å². The van der Waals surface area contributed by atoms with Crippen molar-refractivity contribution in [3.05, 3.63) is 47.9 Å². The van der Waals surface area contributed by atoms with E-state index in [4.69, 9.17) is 5.11 Å². The van der Waals surface area contributed by atoms with Crippen molar-refractivity contribution in [2.24, 2.45) is 0 Å². The number of hydrogen-bond acceptors (Lipinski definition) is 6. The third-order valence-electron chi connectivity index (χ3n) is 3.04. The van der Waals surface area contributed by atoms with Gasteiger partial charge in [0.2, 0.25) is 10.0 Å². The van der Waals surface area contributed by atoms with Crippen LogP contribution in [0.5, 0.6) is 0 Å². The smallest absolute Gasteiger partial charge is 0.313 e. The molecule has 0 amide bonds. The topological polar surface area (TPSA) is 100 Å². The van der Waals surface area contributed by atoms with Crippen molar-refractivity contribution < 1.29 is 18.3 Å². The molecule has 2 rings (SSSR count). The van der Waals surface area contributed by atoms with Crippen LogP contribution in [0.15, 0.2) is 46.3 Å². The highest BCUT2D eigenvalue weighted by Crippen LogP contribution is 2.19. The lowest BCUT2D eigenvalue weighted by atomic mass is 10.4. The summed E-state index contributed by atoms with van der Waals surface area (Å²) in [6.07, 6.45) is 0. The molecule has 0 aliphatic heterocycles. The third kappa shape index (κ3) is 4.76. The molecule has 0 fully saturated rings. The maximum Gasteiger partial charge on any atom is 0.313 e. The summed E-state index contributed by atoms with van der Waals surface area (Å²) in [4.78, 5) is 19.3. The fourth-order valence-corrected chi connectivity index (χ4v) is 3.78. The standard InChI is InChI=1S/C15H17N3O4S2/c1-11-8-14(23-10-15(19)20)17-13(16-11)9-18(2)24(21,22)12-6-4-3-5-7-12/h3-8H,9-10H2,1-2H3,(H,19,20). The number of carboxylic acid groups (broad SMARTS) is 1. The van der Waals surface area contributed by atoms with Gasteiger partial charge >= 0.3 is 5.97 Å². The Labute approximate surface area is 144 Å². The third-order valence-corrected chi connectivity index (χ3v) is 5.75. The van der Waals surface area contributed by atoms with Crippen LogP contribution in [0.2, 0.25) is 0 Å². The Morgan fingerprint density at radius 2 is 1.92 bits per heavy atom. The molecule has 1 N–H and O–H groups in total. The molecule has 7 nitrogen and oxygen atoms in total. The first-order valence-electron chi connectivity index (χ1n) is 6.99. The number of carboxylic acids is 1. The lowest BCUT2D eigenvalue weighted by Gasteiger charge is -2.16. The van der Waals surface area contributed by atoms with Crippen molar-refractivity contribution in [2.75, 3.05) is 12.8 Å². The molecule has 0 unspecified atom stereocenters. The van der Waals surface area contributed by atoms with E-state index in [0.29, 0.717) is 16.5 Å². The fraction of sp³-hybridized carbons (Fsp3) is 0.267. The number of hydrogen-bond donors (Lipinski definition) is 1. The summed E-state index contributed by atoms with van der Waals surface area (Å²) in [5, 5.41) is 9.24. The summed E-state index contributed by atoms with van der Waals surface area (Å²) in [5.74, 6) is -0.736. The Bertz CT molecular complexity index is 826. The van der Waals surface area contributed by atoms with Gasteiger partial charge in [-0.15, -0.1) is 0 Å². The number of carbonyl (C=O) groups is 1. The van der Waals surface area contributed by atoms with Crippen molar-refractivity contribution in [2.45, 2.75) is 23.4 Å². The van der Waals surface area contributed by atoms with Gasteiger partial charge in [-0.3, -0.25) is 4.79 Å². The van der Waals surface area contributed by atoms with Gasteiger partial charge in [0, 0.05) is 12.7 Å². The highest BCUT2D eigenvalue weighted by Gasteiger charge is 2.21. The van der Waals surface area contributed by atoms with Crippen LogP contribution in [0.4, 0.5) is 0 Å². The van der Waals surface area contributed by atoms with Gasteiger partial charge in [0.05, 0.1) is 17.2 Å². The summed E-state index contributed by atoms with van der Waals surface area (Å²) in [7, 11) is -2.18. The zero-order valence-corrected chi connectivity index (χ0v) is 14.8. The molecule has 1 aromatic carbocycles. The molecule has 9 heteroatoms. The van der Waals surface area contributed by atoms with Gasteiger partial charge in [0.15, 0.2) is 0 Å². The minimum atomic E-state index is -3.64. The van der Waals surface area contributed by atoms with Gasteiger partial charge in [-0.05, 0) is 25.1 Å². The number of rotatable bonds is 7. The average molecular weight is 367 g/mol. The van der Waals surface area contributed by atoms with E-state index in [-0.39, 0.29) is 17.2 Å². The Balaban J connectivity index is 2.19. The van der Waals surface area contributed by atoms with Gasteiger partial charge in [-0.1, -0.05) is 30.0 Å². The van der Waals surface area contributed by atoms with E-state index in [9.17, 15) is 13.2 Å². The van der Waals surface area contributed by atoms with Crippen molar-refractivity contribution in [3.63, 3.8) is 0 Å². The van der Waals surface area contributed by atoms with Crippen LogP contribution in [0.3, 0.4) is 0 Å². The van der Waals surface area contributed by atoms with Crippen molar-refractivity contribution in [1.29, 1.82) is 0 Å². The molecule has 1 heterocycles. The van der Waals surface area contributed by atoms with Crippen LogP contribution >= 0.6 is 11.8 Å². The predicted molar refractivity (Wildman–Crippen MR) is 90.2 cm³/mol. The molecule has 0 aliphatic rings. The van der Waals surface area contributed by atoms with Crippen LogP contribution in [0, 0.1) is 6.92 Å². The summed E-state index contributed by atoms with van der Waals surface area (Å²) in [5.41, 5.74) is 0.651. The van der Waals surface area contributed by atoms with Crippen LogP contribution in [0.25, 0.3) is 0 Å². The largest absolute Gasteiger partial charge is 0.481 e. The highest BCUT2D eigenvalue weighted by molar-refractivity contribution is 7.99. The number of aliphatic carboxylic acids is 1. The molecule has 0 saturated heterocycles. The lowest BCUT2D eigenvalue weighted by Crippen LogP contribution is -2.27. The van der Waals surface area contributed by atoms with Crippen molar-refractivity contribution in [3.8, 4) is 0 Å². The molecule has 0 spiro atoms. The lowest BCUT2D eigenvalue weighted by molar-refractivity contribution is -0.133. The van der Waals surface area contributed by atoms with E-state index in [0.717, 1.165) is 11.8 Å². The summed E-state index contributed by atoms with van der Waals surface area (Å²) < 4.78 is 26.2. The van der Waals surface area contributed by atoms with Gasteiger partial charge in [-0.25, -0.2) is 18.4 Å². The molecule has 0 bridgehead atoms. The molecule has 1 aromatic heterocycles. The summed E-state index contributed by atoms with van der Waals surface area (Å²) >= 11 is 1.07. The van der Waals surface area contributed by atoms with Crippen LogP contribution in [-0.2, 0) is 21.4 Å². The zero-order chi connectivity index (χ0) is 17.7. The second-order valence-electron chi connectivity index (χ2n) is 5.02. The van der Waals surface area contributed by atoms with Crippen molar-refractivity contribution in [1.82, 2.24) is 14.3 Å². The van der Waals surface area contributed by atoms with Gasteiger partial charge in [-0.2, -0.15) is 4.31 Å². The molecule has 0 radical (unpaired) electrons. The normalized spacial score (nSPS) is 11.6. The SMILES string of the molecule is Cc1cc(SCC(=O)O)nc(CN(C)S(=O)(=O)c2ccccc2)n1. The Morgan fingerprint density at radius 3 is 2.54 bits per heavy atom. The maximum absolute atomic E-state index is 12.5. The number of thioether (sulfide) groups is 1. The van der Waals surface area contributed by atoms with Gasteiger partial charge in [0.1, 0.15) is 10.9 Å². The number of aromatic nitrogens is 2. The Morgan fingerprint density at radius 1 is 1.25 bits per heavy atom. The van der Waals surface area contributed by atoms with Crippen LogP contribution in [-0.4, -0.2) is 46.6 Å². The van der Waals surface area contributed by atoms with Gasteiger partial charge in [0.25, 0.3) is 0 Å². The molecule has 24 heavy (non-hydrogen) atoms. The minimum Gasteiger partial charge on any atom is -0.481 e. The number of sulfonamides is 1. The van der Waals surface area contributed by atoms with E-state index in [1.54, 1.807) is 31.2 Å². The number of nitrogens with zero attached hydrogens (tertiary/aromatic N) is 3. The Hall–Kier alpha value is -1.97. The van der Waals surface area contributed by atoms with E-state index in [2.05, 4.69) is 9.97 Å². The average Bonchev–Trinajstić information content (AvgIpc) is 2.53. The molecule has 128 valence electrons. The second kappa shape index (κ2) is 7.73. The highest BCUT2D eigenvalue weighted by atomic mass is 32.2. The summed E-state index contributed by atoms with van der Waals surface area (Å²) in [6.45, 7) is 1.75. The van der Waals surface area contributed by atoms with Gasteiger partial charge < -0.3 is 5.11 Å². The molecular weight excluding hydrogens is 350 g/mol. The van der Waals surface area contributed by atoms with Crippen LogP contribution in [0.1, 0.15) is 11.5 Å². The Kier molecular flexibility index (Phi) is 5.92. The predicted octanol–water partition coefficient (Wildman–Crippen LogP) is 1.78. The maximum atomic E-state index is 12.5. The monoisotopic (exact) mass is 367 g/mol.